The molecule has 3 N–H and O–H groups in total. The second-order valence-corrected chi connectivity index (χ2v) is 5.84. The summed E-state index contributed by atoms with van der Waals surface area (Å²) < 4.78 is 13.1. The highest BCUT2D eigenvalue weighted by molar-refractivity contribution is 5.76. The quantitative estimate of drug-likeness (QED) is 0.761. The number of halogens is 1. The lowest BCUT2D eigenvalue weighted by atomic mass is 10.0. The van der Waals surface area contributed by atoms with E-state index < -0.39 is 0 Å². The predicted molar refractivity (Wildman–Crippen MR) is 83.0 cm³/mol. The number of rotatable bonds is 6. The van der Waals surface area contributed by atoms with Gasteiger partial charge in [0.25, 0.3) is 0 Å². The summed E-state index contributed by atoms with van der Waals surface area (Å²) in [5.41, 5.74) is 1.44. The summed E-state index contributed by atoms with van der Waals surface area (Å²) >= 11 is 0. The standard InChI is InChI=1S/C16H21FN4O/c17-12-2-3-13-14(9-12)21-15(20-13)6-8-19-16(22)4-1-11-5-7-18-10-11/h2-3,9,11,18H,1,4-8,10H2,(H,19,22)(H,20,21). The average molecular weight is 304 g/mol. The molecule has 1 atom stereocenters. The van der Waals surface area contributed by atoms with E-state index in [9.17, 15) is 9.18 Å². The maximum Gasteiger partial charge on any atom is 0.220 e. The molecule has 0 spiro atoms. The molecule has 0 radical (unpaired) electrons. The Labute approximate surface area is 128 Å². The number of fused-ring (bicyclic) bond motifs is 1. The fourth-order valence-corrected chi connectivity index (χ4v) is 2.86. The summed E-state index contributed by atoms with van der Waals surface area (Å²) in [4.78, 5) is 19.2. The van der Waals surface area contributed by atoms with E-state index in [0.29, 0.717) is 30.8 Å². The Morgan fingerprint density at radius 2 is 2.36 bits per heavy atom. The van der Waals surface area contributed by atoms with Gasteiger partial charge in [0.15, 0.2) is 0 Å². The topological polar surface area (TPSA) is 69.8 Å². The number of imidazole rings is 1. The Balaban J connectivity index is 1.42. The fraction of sp³-hybridized carbons (Fsp3) is 0.500. The van der Waals surface area contributed by atoms with Crippen molar-refractivity contribution in [2.75, 3.05) is 19.6 Å². The molecule has 6 heteroatoms. The molecular formula is C16H21FN4O. The molecule has 3 rings (SSSR count). The lowest BCUT2D eigenvalue weighted by Crippen LogP contribution is -2.26. The zero-order valence-corrected chi connectivity index (χ0v) is 12.5. The van der Waals surface area contributed by atoms with E-state index >= 15 is 0 Å². The highest BCUT2D eigenvalue weighted by atomic mass is 19.1. The molecule has 1 amide bonds. The largest absolute Gasteiger partial charge is 0.356 e. The van der Waals surface area contributed by atoms with Crippen LogP contribution in [0, 0.1) is 11.7 Å². The molecule has 2 aromatic rings. The van der Waals surface area contributed by atoms with Gasteiger partial charge in [-0.05, 0) is 50.0 Å². The molecule has 1 saturated heterocycles. The van der Waals surface area contributed by atoms with Crippen molar-refractivity contribution in [3.8, 4) is 0 Å². The molecule has 1 aliphatic rings. The number of amides is 1. The minimum Gasteiger partial charge on any atom is -0.356 e. The zero-order valence-electron chi connectivity index (χ0n) is 12.5. The van der Waals surface area contributed by atoms with Crippen LogP contribution in [0.25, 0.3) is 11.0 Å². The summed E-state index contributed by atoms with van der Waals surface area (Å²) in [5, 5.41) is 6.22. The Morgan fingerprint density at radius 1 is 1.45 bits per heavy atom. The highest BCUT2D eigenvalue weighted by Crippen LogP contribution is 2.14. The molecule has 1 aliphatic heterocycles. The molecule has 1 unspecified atom stereocenters. The molecule has 0 aliphatic carbocycles. The van der Waals surface area contributed by atoms with Crippen molar-refractivity contribution < 1.29 is 9.18 Å². The molecule has 0 bridgehead atoms. The zero-order chi connectivity index (χ0) is 15.4. The number of H-pyrrole nitrogens is 1. The Bertz CT molecular complexity index is 649. The van der Waals surface area contributed by atoms with Crippen LogP contribution in [-0.4, -0.2) is 35.5 Å². The van der Waals surface area contributed by atoms with Crippen molar-refractivity contribution >= 4 is 16.9 Å². The molecule has 22 heavy (non-hydrogen) atoms. The second kappa shape index (κ2) is 6.87. The number of carbonyl (C=O) groups is 1. The van der Waals surface area contributed by atoms with Crippen LogP contribution in [0.3, 0.4) is 0 Å². The second-order valence-electron chi connectivity index (χ2n) is 5.84. The summed E-state index contributed by atoms with van der Waals surface area (Å²) in [6.45, 7) is 2.64. The number of nitrogens with zero attached hydrogens (tertiary/aromatic N) is 1. The third-order valence-corrected chi connectivity index (χ3v) is 4.12. The highest BCUT2D eigenvalue weighted by Gasteiger charge is 2.15. The van der Waals surface area contributed by atoms with Gasteiger partial charge in [-0.2, -0.15) is 0 Å². The van der Waals surface area contributed by atoms with Crippen LogP contribution in [0.2, 0.25) is 0 Å². The molecule has 0 saturated carbocycles. The van der Waals surface area contributed by atoms with Gasteiger partial charge in [0, 0.05) is 19.4 Å². The van der Waals surface area contributed by atoms with Crippen molar-refractivity contribution in [3.63, 3.8) is 0 Å². The van der Waals surface area contributed by atoms with Gasteiger partial charge < -0.3 is 15.6 Å². The van der Waals surface area contributed by atoms with Gasteiger partial charge in [-0.25, -0.2) is 9.37 Å². The fourth-order valence-electron chi connectivity index (χ4n) is 2.86. The van der Waals surface area contributed by atoms with Crippen molar-refractivity contribution in [3.05, 3.63) is 29.8 Å². The third-order valence-electron chi connectivity index (χ3n) is 4.12. The number of benzene rings is 1. The van der Waals surface area contributed by atoms with Crippen molar-refractivity contribution in [2.45, 2.75) is 25.7 Å². The van der Waals surface area contributed by atoms with Gasteiger partial charge in [-0.1, -0.05) is 0 Å². The van der Waals surface area contributed by atoms with Crippen molar-refractivity contribution in [1.82, 2.24) is 20.6 Å². The summed E-state index contributed by atoms with van der Waals surface area (Å²) in [5.74, 6) is 1.21. The first-order chi connectivity index (χ1) is 10.7. The molecule has 5 nitrogen and oxygen atoms in total. The SMILES string of the molecule is O=C(CCC1CCNC1)NCCc1nc2ccc(F)cc2[nH]1. The van der Waals surface area contributed by atoms with E-state index in [4.69, 9.17) is 0 Å². The van der Waals surface area contributed by atoms with Crippen LogP contribution in [0.4, 0.5) is 4.39 Å². The molecule has 1 fully saturated rings. The maximum atomic E-state index is 13.1. The summed E-state index contributed by atoms with van der Waals surface area (Å²) in [6, 6.07) is 4.48. The number of hydrogen-bond donors (Lipinski definition) is 3. The lowest BCUT2D eigenvalue weighted by Gasteiger charge is -2.08. The first-order valence-corrected chi connectivity index (χ1v) is 7.82. The van der Waals surface area contributed by atoms with E-state index in [-0.39, 0.29) is 11.7 Å². The van der Waals surface area contributed by atoms with E-state index in [1.165, 1.54) is 18.6 Å². The Kier molecular flexibility index (Phi) is 4.68. The Hall–Kier alpha value is -1.95. The molecule has 1 aromatic heterocycles. The molecule has 2 heterocycles. The monoisotopic (exact) mass is 304 g/mol. The first-order valence-electron chi connectivity index (χ1n) is 7.82. The van der Waals surface area contributed by atoms with Gasteiger partial charge in [0.1, 0.15) is 11.6 Å². The maximum absolute atomic E-state index is 13.1. The molecular weight excluding hydrogens is 283 g/mol. The number of aromatic nitrogens is 2. The van der Waals surface area contributed by atoms with E-state index in [1.54, 1.807) is 6.07 Å². The predicted octanol–water partition coefficient (Wildman–Crippen LogP) is 1.75. The minimum atomic E-state index is -0.280. The number of nitrogens with one attached hydrogen (secondary N) is 3. The third kappa shape index (κ3) is 3.82. The van der Waals surface area contributed by atoms with Crippen LogP contribution in [0.1, 0.15) is 25.1 Å². The Morgan fingerprint density at radius 3 is 3.18 bits per heavy atom. The normalized spacial score (nSPS) is 18.0. The van der Waals surface area contributed by atoms with Crippen LogP contribution in [0.5, 0.6) is 0 Å². The summed E-state index contributed by atoms with van der Waals surface area (Å²) in [6.07, 6.45) is 3.32. The summed E-state index contributed by atoms with van der Waals surface area (Å²) in [7, 11) is 0. The van der Waals surface area contributed by atoms with E-state index in [1.807, 2.05) is 0 Å². The van der Waals surface area contributed by atoms with Crippen LogP contribution in [-0.2, 0) is 11.2 Å². The minimum absolute atomic E-state index is 0.0917. The number of aromatic amines is 1. The van der Waals surface area contributed by atoms with Gasteiger partial charge in [0.2, 0.25) is 5.91 Å². The van der Waals surface area contributed by atoms with Crippen molar-refractivity contribution in [1.29, 1.82) is 0 Å². The number of carbonyl (C=O) groups excluding carboxylic acids is 1. The van der Waals surface area contributed by atoms with Gasteiger partial charge in [-0.3, -0.25) is 4.79 Å². The molecule has 1 aromatic carbocycles. The van der Waals surface area contributed by atoms with E-state index in [0.717, 1.165) is 30.9 Å². The first kappa shape index (κ1) is 15.0. The van der Waals surface area contributed by atoms with Gasteiger partial charge in [-0.15, -0.1) is 0 Å². The smallest absolute Gasteiger partial charge is 0.220 e. The van der Waals surface area contributed by atoms with Crippen molar-refractivity contribution in [2.24, 2.45) is 5.92 Å². The number of hydrogen-bond acceptors (Lipinski definition) is 3. The van der Waals surface area contributed by atoms with Crippen LogP contribution in [0.15, 0.2) is 18.2 Å². The van der Waals surface area contributed by atoms with Crippen LogP contribution < -0.4 is 10.6 Å². The van der Waals surface area contributed by atoms with Gasteiger partial charge >= 0.3 is 0 Å². The van der Waals surface area contributed by atoms with Crippen LogP contribution >= 0.6 is 0 Å². The lowest BCUT2D eigenvalue weighted by molar-refractivity contribution is -0.121. The van der Waals surface area contributed by atoms with E-state index in [2.05, 4.69) is 20.6 Å². The average Bonchev–Trinajstić information content (AvgIpc) is 3.13. The molecule has 118 valence electrons. The van der Waals surface area contributed by atoms with Gasteiger partial charge in [0.05, 0.1) is 11.0 Å².